The first-order chi connectivity index (χ1) is 18.4. The number of carbonyl (C=O) groups excluding carboxylic acids is 1. The summed E-state index contributed by atoms with van der Waals surface area (Å²) >= 11 is 0. The Balaban J connectivity index is 1.65. The lowest BCUT2D eigenvalue weighted by molar-refractivity contribution is -0.137. The summed E-state index contributed by atoms with van der Waals surface area (Å²) in [6.45, 7) is 3.31. The maximum Gasteiger partial charge on any atom is 0.416 e. The average molecular weight is 563 g/mol. The van der Waals surface area contributed by atoms with Crippen LogP contribution in [0.3, 0.4) is 0 Å². The molecule has 0 atom stereocenters. The largest absolute Gasteiger partial charge is 0.494 e. The molecule has 10 heteroatoms. The summed E-state index contributed by atoms with van der Waals surface area (Å²) < 4.78 is 70.0. The molecule has 0 aliphatic carbocycles. The Hall–Kier alpha value is -3.37. The molecule has 1 N–H and O–H groups in total. The molecule has 39 heavy (non-hydrogen) atoms. The molecule has 0 bridgehead atoms. The molecular formula is C29H33F3N2O4S. The van der Waals surface area contributed by atoms with Gasteiger partial charge in [0, 0.05) is 39.4 Å². The first-order valence-corrected chi connectivity index (χ1v) is 14.4. The van der Waals surface area contributed by atoms with Crippen molar-refractivity contribution in [1.29, 1.82) is 0 Å². The Bertz CT molecular complexity index is 1350. The minimum absolute atomic E-state index is 0.0859. The molecular weight excluding hydrogens is 529 g/mol. The number of nitrogens with zero attached hydrogens (tertiary/aromatic N) is 1. The topological polar surface area (TPSA) is 75.7 Å². The van der Waals surface area contributed by atoms with Gasteiger partial charge in [0.15, 0.2) is 9.84 Å². The zero-order valence-electron chi connectivity index (χ0n) is 22.0. The van der Waals surface area contributed by atoms with E-state index >= 15 is 0 Å². The Kier molecular flexibility index (Phi) is 10.5. The smallest absolute Gasteiger partial charge is 0.416 e. The van der Waals surface area contributed by atoms with Gasteiger partial charge >= 0.3 is 6.18 Å². The fourth-order valence-electron chi connectivity index (χ4n) is 4.12. The van der Waals surface area contributed by atoms with Crippen molar-refractivity contribution in [2.45, 2.75) is 43.9 Å². The van der Waals surface area contributed by atoms with E-state index in [9.17, 15) is 26.4 Å². The number of ether oxygens (including phenoxy) is 1. The zero-order chi connectivity index (χ0) is 28.5. The predicted molar refractivity (Wildman–Crippen MR) is 144 cm³/mol. The minimum atomic E-state index is -4.40. The minimum Gasteiger partial charge on any atom is -0.494 e. The van der Waals surface area contributed by atoms with Gasteiger partial charge in [0.2, 0.25) is 5.91 Å². The molecule has 0 radical (unpaired) electrons. The second kappa shape index (κ2) is 13.6. The molecule has 3 aromatic rings. The second-order valence-corrected chi connectivity index (χ2v) is 11.3. The molecule has 0 aliphatic heterocycles. The van der Waals surface area contributed by atoms with Crippen LogP contribution in [0.4, 0.5) is 13.2 Å². The van der Waals surface area contributed by atoms with Gasteiger partial charge in [0.1, 0.15) is 5.75 Å². The van der Waals surface area contributed by atoms with E-state index in [1.807, 2.05) is 30.3 Å². The van der Waals surface area contributed by atoms with Crippen molar-refractivity contribution >= 4 is 15.7 Å². The summed E-state index contributed by atoms with van der Waals surface area (Å²) in [5.41, 5.74) is 1.50. The maximum absolute atomic E-state index is 13.2. The molecule has 0 saturated carbocycles. The van der Waals surface area contributed by atoms with Crippen molar-refractivity contribution in [2.75, 3.05) is 26.0 Å². The van der Waals surface area contributed by atoms with Gasteiger partial charge in [-0.25, -0.2) is 8.42 Å². The standard InChI is InChI=1S/C29H33F3N2O4S/c1-22(35)33-20-25-12-13-27(19-28(25)39(2,36)37)38-17-7-15-34(16-14-23-8-4-3-5-9-23)21-24-10-6-11-26(18-24)29(30,31)32/h3-6,8-13,18-19H,7,14-17,20-21H2,1-2H3,(H,33,35). The lowest BCUT2D eigenvalue weighted by atomic mass is 10.1. The SMILES string of the molecule is CC(=O)NCc1ccc(OCCCN(CCc2ccccc2)Cc2cccc(C(F)(F)F)c2)cc1S(C)(=O)=O. The number of nitrogens with one attached hydrogen (secondary N) is 1. The van der Waals surface area contributed by atoms with Crippen molar-refractivity contribution in [3.05, 3.63) is 95.1 Å². The first-order valence-electron chi connectivity index (χ1n) is 12.5. The van der Waals surface area contributed by atoms with Crippen molar-refractivity contribution < 1.29 is 31.1 Å². The molecule has 210 valence electrons. The lowest BCUT2D eigenvalue weighted by Crippen LogP contribution is -2.28. The maximum atomic E-state index is 13.2. The molecule has 0 heterocycles. The molecule has 0 saturated heterocycles. The van der Waals surface area contributed by atoms with E-state index in [0.717, 1.165) is 24.3 Å². The summed E-state index contributed by atoms with van der Waals surface area (Å²) in [4.78, 5) is 13.4. The number of hydrogen-bond acceptors (Lipinski definition) is 5. The number of halogens is 3. The quantitative estimate of drug-likeness (QED) is 0.288. The van der Waals surface area contributed by atoms with Gasteiger partial charge in [0.05, 0.1) is 17.1 Å². The molecule has 3 rings (SSSR count). The van der Waals surface area contributed by atoms with Crippen LogP contribution in [0.5, 0.6) is 5.75 Å². The van der Waals surface area contributed by atoms with Crippen LogP contribution in [-0.4, -0.2) is 45.2 Å². The van der Waals surface area contributed by atoms with Gasteiger partial charge in [-0.05, 0) is 47.7 Å². The molecule has 6 nitrogen and oxygen atoms in total. The van der Waals surface area contributed by atoms with Crippen LogP contribution < -0.4 is 10.1 Å². The molecule has 0 aromatic heterocycles. The van der Waals surface area contributed by atoms with Crippen molar-refractivity contribution in [3.8, 4) is 5.75 Å². The Morgan fingerprint density at radius 2 is 1.67 bits per heavy atom. The van der Waals surface area contributed by atoms with Crippen LogP contribution in [0.2, 0.25) is 0 Å². The highest BCUT2D eigenvalue weighted by Crippen LogP contribution is 2.30. The van der Waals surface area contributed by atoms with E-state index in [1.54, 1.807) is 18.2 Å². The number of alkyl halides is 3. The summed E-state index contributed by atoms with van der Waals surface area (Å²) in [5.74, 6) is 0.118. The number of rotatable bonds is 13. The van der Waals surface area contributed by atoms with Crippen LogP contribution in [0, 0.1) is 0 Å². The Labute approximate surface area is 227 Å². The fraction of sp³-hybridized carbons (Fsp3) is 0.345. The van der Waals surface area contributed by atoms with E-state index in [0.29, 0.717) is 49.5 Å². The van der Waals surface area contributed by atoms with Crippen LogP contribution >= 0.6 is 0 Å². The lowest BCUT2D eigenvalue weighted by Gasteiger charge is -2.23. The second-order valence-electron chi connectivity index (χ2n) is 9.36. The molecule has 1 amide bonds. The normalized spacial score (nSPS) is 11.9. The molecule has 0 fully saturated rings. The number of benzene rings is 3. The van der Waals surface area contributed by atoms with Crippen LogP contribution in [0.1, 0.15) is 35.6 Å². The first kappa shape index (κ1) is 30.2. The summed E-state index contributed by atoms with van der Waals surface area (Å²) in [6, 6.07) is 19.9. The molecule has 0 aliphatic rings. The Morgan fingerprint density at radius 1 is 0.949 bits per heavy atom. The summed E-state index contributed by atoms with van der Waals surface area (Å²) in [7, 11) is -3.55. The van der Waals surface area contributed by atoms with E-state index < -0.39 is 21.6 Å². The highest BCUT2D eigenvalue weighted by atomic mass is 32.2. The van der Waals surface area contributed by atoms with Crippen LogP contribution in [-0.2, 0) is 40.3 Å². The van der Waals surface area contributed by atoms with Crippen molar-refractivity contribution in [1.82, 2.24) is 10.2 Å². The predicted octanol–water partition coefficient (Wildman–Crippen LogP) is 5.26. The fourth-order valence-corrected chi connectivity index (χ4v) is 5.07. The van der Waals surface area contributed by atoms with Gasteiger partial charge in [-0.3, -0.25) is 9.69 Å². The van der Waals surface area contributed by atoms with E-state index in [2.05, 4.69) is 10.2 Å². The number of sulfone groups is 1. The summed E-state index contributed by atoms with van der Waals surface area (Å²) in [5, 5.41) is 2.60. The monoisotopic (exact) mass is 562 g/mol. The van der Waals surface area contributed by atoms with E-state index in [4.69, 9.17) is 4.74 Å². The number of hydrogen-bond donors (Lipinski definition) is 1. The Morgan fingerprint density at radius 3 is 2.33 bits per heavy atom. The summed E-state index contributed by atoms with van der Waals surface area (Å²) in [6.07, 6.45) is -1.98. The third-order valence-corrected chi connectivity index (χ3v) is 7.25. The average Bonchev–Trinajstić information content (AvgIpc) is 2.88. The third kappa shape index (κ3) is 10.0. The third-order valence-electron chi connectivity index (χ3n) is 6.07. The zero-order valence-corrected chi connectivity index (χ0v) is 22.8. The highest BCUT2D eigenvalue weighted by molar-refractivity contribution is 7.90. The van der Waals surface area contributed by atoms with Gasteiger partial charge in [0.25, 0.3) is 0 Å². The molecule has 0 unspecified atom stereocenters. The van der Waals surface area contributed by atoms with Gasteiger partial charge in [-0.2, -0.15) is 13.2 Å². The van der Waals surface area contributed by atoms with Crippen LogP contribution in [0.25, 0.3) is 0 Å². The van der Waals surface area contributed by atoms with Crippen LogP contribution in [0.15, 0.2) is 77.7 Å². The molecule has 3 aromatic carbocycles. The van der Waals surface area contributed by atoms with Gasteiger partial charge in [-0.15, -0.1) is 0 Å². The number of amides is 1. The highest BCUT2D eigenvalue weighted by Gasteiger charge is 2.30. The van der Waals surface area contributed by atoms with Crippen molar-refractivity contribution in [3.63, 3.8) is 0 Å². The van der Waals surface area contributed by atoms with Gasteiger partial charge in [-0.1, -0.05) is 54.6 Å². The van der Waals surface area contributed by atoms with Gasteiger partial charge < -0.3 is 10.1 Å². The van der Waals surface area contributed by atoms with E-state index in [-0.39, 0.29) is 17.3 Å². The van der Waals surface area contributed by atoms with E-state index in [1.165, 1.54) is 25.1 Å². The van der Waals surface area contributed by atoms with Crippen molar-refractivity contribution in [2.24, 2.45) is 0 Å². The number of carbonyl (C=O) groups is 1. The molecule has 0 spiro atoms.